The van der Waals surface area contributed by atoms with Gasteiger partial charge in [0.05, 0.1) is 25.0 Å². The maximum atomic E-state index is 12.3. The molecule has 150 valence electrons. The lowest BCUT2D eigenvalue weighted by Crippen LogP contribution is -2.24. The Morgan fingerprint density at radius 1 is 1.17 bits per heavy atom. The number of nitrogens with zero attached hydrogens (tertiary/aromatic N) is 1. The number of halogens is 1. The second-order valence-electron chi connectivity index (χ2n) is 6.09. The molecule has 5 nitrogen and oxygen atoms in total. The first-order valence-corrected chi connectivity index (χ1v) is 11.0. The summed E-state index contributed by atoms with van der Waals surface area (Å²) >= 11 is 8.89. The van der Waals surface area contributed by atoms with E-state index >= 15 is 0 Å². The summed E-state index contributed by atoms with van der Waals surface area (Å²) < 4.78 is 5.86. The number of thioether (sulfide) groups is 1. The van der Waals surface area contributed by atoms with Crippen molar-refractivity contribution in [3.05, 3.63) is 75.8 Å². The second-order valence-corrected chi connectivity index (χ2v) is 8.58. The first-order valence-electron chi connectivity index (χ1n) is 8.79. The van der Waals surface area contributed by atoms with Crippen molar-refractivity contribution in [3.8, 4) is 5.75 Å². The van der Waals surface area contributed by atoms with Gasteiger partial charge in [-0.2, -0.15) is 0 Å². The Labute approximate surface area is 182 Å². The highest BCUT2D eigenvalue weighted by atomic mass is 35.5. The largest absolute Gasteiger partial charge is 0.497 e. The molecule has 0 fully saturated rings. The van der Waals surface area contributed by atoms with Gasteiger partial charge in [-0.05, 0) is 35.9 Å². The van der Waals surface area contributed by atoms with Crippen LogP contribution in [-0.4, -0.2) is 29.5 Å². The fourth-order valence-electron chi connectivity index (χ4n) is 2.49. The highest BCUT2D eigenvalue weighted by molar-refractivity contribution is 8.01. The van der Waals surface area contributed by atoms with Crippen LogP contribution < -0.4 is 10.1 Å². The Balaban J connectivity index is 1.46. The highest BCUT2D eigenvalue weighted by Crippen LogP contribution is 2.24. The van der Waals surface area contributed by atoms with E-state index in [2.05, 4.69) is 10.3 Å². The van der Waals surface area contributed by atoms with Crippen LogP contribution in [0.1, 0.15) is 21.6 Å². The van der Waals surface area contributed by atoms with Crippen molar-refractivity contribution in [3.63, 3.8) is 0 Å². The molecule has 1 N–H and O–H groups in total. The SMILES string of the molecule is COc1ccc(C(=O)CSc2nc(CC(=O)NCc3ccccc3Cl)cs2)cc1. The summed E-state index contributed by atoms with van der Waals surface area (Å²) in [6.45, 7) is 0.376. The summed E-state index contributed by atoms with van der Waals surface area (Å²) in [6.07, 6.45) is 0.188. The third-order valence-corrected chi connectivity index (χ3v) is 6.48. The van der Waals surface area contributed by atoms with Gasteiger partial charge in [0.1, 0.15) is 5.75 Å². The van der Waals surface area contributed by atoms with Gasteiger partial charge < -0.3 is 10.1 Å². The number of methoxy groups -OCH3 is 1. The quantitative estimate of drug-likeness (QED) is 0.383. The number of benzene rings is 2. The molecule has 3 rings (SSSR count). The lowest BCUT2D eigenvalue weighted by atomic mass is 10.1. The Bertz CT molecular complexity index is 990. The van der Waals surface area contributed by atoms with E-state index in [1.807, 2.05) is 23.6 Å². The van der Waals surface area contributed by atoms with E-state index in [-0.39, 0.29) is 23.9 Å². The molecule has 8 heteroatoms. The maximum Gasteiger partial charge on any atom is 0.226 e. The zero-order chi connectivity index (χ0) is 20.6. The van der Waals surface area contributed by atoms with Gasteiger partial charge in [0.2, 0.25) is 5.91 Å². The fourth-order valence-corrected chi connectivity index (χ4v) is 4.43. The van der Waals surface area contributed by atoms with E-state index in [9.17, 15) is 9.59 Å². The van der Waals surface area contributed by atoms with Crippen molar-refractivity contribution < 1.29 is 14.3 Å². The van der Waals surface area contributed by atoms with E-state index in [1.54, 1.807) is 37.4 Å². The molecule has 0 unspecified atom stereocenters. The molecular formula is C21H19ClN2O3S2. The average Bonchev–Trinajstić information content (AvgIpc) is 3.18. The summed E-state index contributed by atoms with van der Waals surface area (Å²) in [5.41, 5.74) is 2.19. The molecule has 0 saturated heterocycles. The molecule has 0 saturated carbocycles. The third-order valence-electron chi connectivity index (χ3n) is 4.04. The molecule has 2 aromatic carbocycles. The number of hydrogen-bond acceptors (Lipinski definition) is 6. The van der Waals surface area contributed by atoms with Gasteiger partial charge in [0.25, 0.3) is 0 Å². The number of nitrogens with one attached hydrogen (secondary N) is 1. The zero-order valence-corrected chi connectivity index (χ0v) is 18.1. The smallest absolute Gasteiger partial charge is 0.226 e. The van der Waals surface area contributed by atoms with Crippen LogP contribution in [0, 0.1) is 0 Å². The molecule has 0 spiro atoms. The molecule has 1 aromatic heterocycles. The lowest BCUT2D eigenvalue weighted by Gasteiger charge is -2.06. The molecule has 0 aliphatic heterocycles. The number of aromatic nitrogens is 1. The minimum atomic E-state index is -0.124. The van der Waals surface area contributed by atoms with Crippen molar-refractivity contribution in [1.82, 2.24) is 10.3 Å². The normalized spacial score (nSPS) is 10.6. The monoisotopic (exact) mass is 446 g/mol. The average molecular weight is 447 g/mol. The van der Waals surface area contributed by atoms with Crippen LogP contribution in [0.4, 0.5) is 0 Å². The number of hydrogen-bond donors (Lipinski definition) is 1. The van der Waals surface area contributed by atoms with Crippen molar-refractivity contribution in [2.45, 2.75) is 17.3 Å². The first-order chi connectivity index (χ1) is 14.0. The Hall–Kier alpha value is -2.35. The predicted molar refractivity (Wildman–Crippen MR) is 117 cm³/mol. The maximum absolute atomic E-state index is 12.3. The van der Waals surface area contributed by atoms with Crippen LogP contribution >= 0.6 is 34.7 Å². The minimum Gasteiger partial charge on any atom is -0.497 e. The molecule has 0 atom stereocenters. The van der Waals surface area contributed by atoms with Gasteiger partial charge in [-0.25, -0.2) is 4.98 Å². The molecule has 29 heavy (non-hydrogen) atoms. The second kappa shape index (κ2) is 10.4. The standard InChI is InChI=1S/C21H19ClN2O3S2/c1-27-17-8-6-14(7-9-17)19(25)13-29-21-24-16(12-28-21)10-20(26)23-11-15-4-2-3-5-18(15)22/h2-9,12H,10-11,13H2,1H3,(H,23,26). The van der Waals surface area contributed by atoms with Gasteiger partial charge in [-0.15, -0.1) is 11.3 Å². The van der Waals surface area contributed by atoms with E-state index in [0.29, 0.717) is 28.6 Å². The molecule has 3 aromatic rings. The molecule has 0 aliphatic carbocycles. The molecule has 0 radical (unpaired) electrons. The summed E-state index contributed by atoms with van der Waals surface area (Å²) in [7, 11) is 1.59. The number of ether oxygens (including phenoxy) is 1. The van der Waals surface area contributed by atoms with Crippen LogP contribution in [0.25, 0.3) is 0 Å². The van der Waals surface area contributed by atoms with Gasteiger partial charge in [-0.3, -0.25) is 9.59 Å². The van der Waals surface area contributed by atoms with Gasteiger partial charge >= 0.3 is 0 Å². The number of thiazole rings is 1. The molecular weight excluding hydrogens is 428 g/mol. The van der Waals surface area contributed by atoms with Gasteiger partial charge in [0, 0.05) is 22.5 Å². The minimum absolute atomic E-state index is 0.0203. The Morgan fingerprint density at radius 3 is 2.66 bits per heavy atom. The molecule has 1 amide bonds. The summed E-state index contributed by atoms with van der Waals surface area (Å²) in [5, 5.41) is 5.32. The summed E-state index contributed by atoms with van der Waals surface area (Å²) in [6, 6.07) is 14.4. The number of carbonyl (C=O) groups excluding carboxylic acids is 2. The topological polar surface area (TPSA) is 68.3 Å². The fraction of sp³-hybridized carbons (Fsp3) is 0.190. The van der Waals surface area contributed by atoms with Gasteiger partial charge in [-0.1, -0.05) is 41.6 Å². The zero-order valence-electron chi connectivity index (χ0n) is 15.7. The highest BCUT2D eigenvalue weighted by Gasteiger charge is 2.12. The van der Waals surface area contributed by atoms with Crippen LogP contribution in [0.3, 0.4) is 0 Å². The summed E-state index contributed by atoms with van der Waals surface area (Å²) in [4.78, 5) is 28.9. The number of amides is 1. The predicted octanol–water partition coefficient (Wildman–Crippen LogP) is 4.64. The van der Waals surface area contributed by atoms with E-state index in [0.717, 1.165) is 9.90 Å². The molecule has 0 aliphatic rings. The number of ketones is 1. The van der Waals surface area contributed by atoms with Crippen LogP contribution in [-0.2, 0) is 17.8 Å². The number of carbonyl (C=O) groups is 2. The van der Waals surface area contributed by atoms with Crippen molar-refractivity contribution >= 4 is 46.4 Å². The summed E-state index contributed by atoms with van der Waals surface area (Å²) in [5.74, 6) is 0.900. The number of Topliss-reactive ketones (excluding diaryl/α,β-unsaturated/α-hetero) is 1. The molecule has 1 heterocycles. The third kappa shape index (κ3) is 6.32. The van der Waals surface area contributed by atoms with Crippen LogP contribution in [0.15, 0.2) is 58.3 Å². The Morgan fingerprint density at radius 2 is 1.93 bits per heavy atom. The number of rotatable bonds is 9. The van der Waals surface area contributed by atoms with Crippen molar-refractivity contribution in [1.29, 1.82) is 0 Å². The first kappa shape index (κ1) is 21.4. The van der Waals surface area contributed by atoms with Crippen LogP contribution in [0.2, 0.25) is 5.02 Å². The lowest BCUT2D eigenvalue weighted by molar-refractivity contribution is -0.120. The van der Waals surface area contributed by atoms with E-state index in [4.69, 9.17) is 16.3 Å². The Kier molecular flexibility index (Phi) is 7.69. The van der Waals surface area contributed by atoms with E-state index < -0.39 is 0 Å². The van der Waals surface area contributed by atoms with E-state index in [1.165, 1.54) is 23.1 Å². The molecule has 0 bridgehead atoms. The van der Waals surface area contributed by atoms with Crippen molar-refractivity contribution in [2.24, 2.45) is 0 Å². The van der Waals surface area contributed by atoms with Crippen molar-refractivity contribution in [2.75, 3.05) is 12.9 Å². The van der Waals surface area contributed by atoms with Gasteiger partial charge in [0.15, 0.2) is 10.1 Å². The van der Waals surface area contributed by atoms with Crippen LogP contribution in [0.5, 0.6) is 5.75 Å².